The highest BCUT2D eigenvalue weighted by Crippen LogP contribution is 2.06. The molecule has 1 fully saturated rings. The third kappa shape index (κ3) is 6.00. The van der Waals surface area contributed by atoms with Crippen molar-refractivity contribution < 1.29 is 9.59 Å². The third-order valence-corrected chi connectivity index (χ3v) is 2.99. The number of amides is 2. The largest absolute Gasteiger partial charge is 0.356 e. The van der Waals surface area contributed by atoms with E-state index in [1.807, 2.05) is 0 Å². The summed E-state index contributed by atoms with van der Waals surface area (Å²) in [6, 6.07) is -0.0718. The summed E-state index contributed by atoms with van der Waals surface area (Å²) in [6.45, 7) is 6.12. The topological polar surface area (TPSA) is 70.2 Å². The lowest BCUT2D eigenvalue weighted by Gasteiger charge is -2.22. The van der Waals surface area contributed by atoms with Gasteiger partial charge in [-0.15, -0.1) is 0 Å². The zero-order valence-electron chi connectivity index (χ0n) is 11.4. The predicted molar refractivity (Wildman–Crippen MR) is 71.1 cm³/mol. The Kier molecular flexibility index (Phi) is 6.72. The summed E-state index contributed by atoms with van der Waals surface area (Å²) in [4.78, 5) is 23.2. The summed E-state index contributed by atoms with van der Waals surface area (Å²) in [5.41, 5.74) is 0. The van der Waals surface area contributed by atoms with Gasteiger partial charge < -0.3 is 16.0 Å². The van der Waals surface area contributed by atoms with Crippen molar-refractivity contribution in [3.63, 3.8) is 0 Å². The van der Waals surface area contributed by atoms with Crippen molar-refractivity contribution in [3.05, 3.63) is 0 Å². The van der Waals surface area contributed by atoms with E-state index in [0.29, 0.717) is 25.4 Å². The molecule has 0 spiro atoms. The van der Waals surface area contributed by atoms with Crippen molar-refractivity contribution in [2.45, 2.75) is 45.6 Å². The van der Waals surface area contributed by atoms with Crippen LogP contribution in [0.25, 0.3) is 0 Å². The smallest absolute Gasteiger partial charge is 0.237 e. The Morgan fingerprint density at radius 1 is 1.28 bits per heavy atom. The van der Waals surface area contributed by atoms with E-state index in [0.717, 1.165) is 25.8 Å². The second kappa shape index (κ2) is 8.08. The maximum absolute atomic E-state index is 11.7. The Morgan fingerprint density at radius 3 is 2.67 bits per heavy atom. The fourth-order valence-corrected chi connectivity index (χ4v) is 1.90. The van der Waals surface area contributed by atoms with Gasteiger partial charge in [0.15, 0.2) is 0 Å². The fraction of sp³-hybridized carbons (Fsp3) is 0.846. The maximum atomic E-state index is 11.7. The van der Waals surface area contributed by atoms with E-state index in [9.17, 15) is 9.59 Å². The molecule has 0 unspecified atom stereocenters. The van der Waals surface area contributed by atoms with Crippen molar-refractivity contribution in [2.24, 2.45) is 5.92 Å². The zero-order valence-corrected chi connectivity index (χ0v) is 11.4. The molecule has 0 aromatic carbocycles. The second-order valence-electron chi connectivity index (χ2n) is 5.24. The maximum Gasteiger partial charge on any atom is 0.237 e. The molecular formula is C13H25N3O2. The number of piperidine rings is 1. The molecule has 0 aliphatic carbocycles. The SMILES string of the molecule is CC(C)CNC(=O)CCNC(=O)[C@@H]1CCCCN1. The normalized spacial score (nSPS) is 19.6. The molecule has 104 valence electrons. The van der Waals surface area contributed by atoms with E-state index < -0.39 is 0 Å². The standard InChI is InChI=1S/C13H25N3O2/c1-10(2)9-16-12(17)6-8-15-13(18)11-5-3-4-7-14-11/h10-11,14H,3-9H2,1-2H3,(H,15,18)(H,16,17)/t11-/m0/s1. The summed E-state index contributed by atoms with van der Waals surface area (Å²) >= 11 is 0. The van der Waals surface area contributed by atoms with Gasteiger partial charge in [-0.2, -0.15) is 0 Å². The molecule has 1 aliphatic rings. The van der Waals surface area contributed by atoms with Crippen LogP contribution in [0, 0.1) is 5.92 Å². The molecule has 0 aromatic heterocycles. The van der Waals surface area contributed by atoms with Gasteiger partial charge in [0.1, 0.15) is 0 Å². The van der Waals surface area contributed by atoms with Crippen molar-refractivity contribution >= 4 is 11.8 Å². The fourth-order valence-electron chi connectivity index (χ4n) is 1.90. The van der Waals surface area contributed by atoms with Gasteiger partial charge in [-0.3, -0.25) is 9.59 Å². The first-order valence-corrected chi connectivity index (χ1v) is 6.87. The number of carbonyl (C=O) groups is 2. The third-order valence-electron chi connectivity index (χ3n) is 2.99. The molecule has 0 bridgehead atoms. The van der Waals surface area contributed by atoms with E-state index >= 15 is 0 Å². The van der Waals surface area contributed by atoms with Gasteiger partial charge in [-0.25, -0.2) is 0 Å². The van der Waals surface area contributed by atoms with Crippen molar-refractivity contribution in [2.75, 3.05) is 19.6 Å². The molecule has 1 rings (SSSR count). The van der Waals surface area contributed by atoms with Gasteiger partial charge in [0, 0.05) is 19.5 Å². The summed E-state index contributed by atoms with van der Waals surface area (Å²) in [6.07, 6.45) is 3.48. The van der Waals surface area contributed by atoms with E-state index in [1.54, 1.807) is 0 Å². The van der Waals surface area contributed by atoms with Gasteiger partial charge in [-0.05, 0) is 25.3 Å². The Bertz CT molecular complexity index is 273. The Labute approximate surface area is 109 Å². The van der Waals surface area contributed by atoms with Crippen LogP contribution in [0.2, 0.25) is 0 Å². The summed E-state index contributed by atoms with van der Waals surface area (Å²) in [5, 5.41) is 8.82. The molecule has 5 nitrogen and oxygen atoms in total. The number of carbonyl (C=O) groups excluding carboxylic acids is 2. The van der Waals surface area contributed by atoms with Crippen LogP contribution in [-0.2, 0) is 9.59 Å². The summed E-state index contributed by atoms with van der Waals surface area (Å²) < 4.78 is 0. The Morgan fingerprint density at radius 2 is 2.06 bits per heavy atom. The monoisotopic (exact) mass is 255 g/mol. The molecule has 1 heterocycles. The first-order valence-electron chi connectivity index (χ1n) is 6.87. The average Bonchev–Trinajstić information content (AvgIpc) is 2.37. The highest BCUT2D eigenvalue weighted by Gasteiger charge is 2.19. The quantitative estimate of drug-likeness (QED) is 0.644. The molecule has 0 saturated carbocycles. The van der Waals surface area contributed by atoms with Crippen molar-refractivity contribution in [1.29, 1.82) is 0 Å². The molecule has 1 aliphatic heterocycles. The van der Waals surface area contributed by atoms with Gasteiger partial charge in [0.05, 0.1) is 6.04 Å². The lowest BCUT2D eigenvalue weighted by molar-refractivity contribution is -0.124. The van der Waals surface area contributed by atoms with Crippen LogP contribution in [0.5, 0.6) is 0 Å². The minimum Gasteiger partial charge on any atom is -0.356 e. The number of hydrogen-bond acceptors (Lipinski definition) is 3. The molecule has 3 N–H and O–H groups in total. The molecule has 0 radical (unpaired) electrons. The van der Waals surface area contributed by atoms with Crippen molar-refractivity contribution in [3.8, 4) is 0 Å². The molecule has 0 aromatic rings. The molecule has 1 saturated heterocycles. The van der Waals surface area contributed by atoms with Gasteiger partial charge in [0.25, 0.3) is 0 Å². The van der Waals surface area contributed by atoms with Crippen LogP contribution in [0.15, 0.2) is 0 Å². The zero-order chi connectivity index (χ0) is 13.4. The first kappa shape index (κ1) is 15.0. The van der Waals surface area contributed by atoms with Gasteiger partial charge >= 0.3 is 0 Å². The molecule has 18 heavy (non-hydrogen) atoms. The van der Waals surface area contributed by atoms with Crippen LogP contribution in [-0.4, -0.2) is 37.5 Å². The number of rotatable bonds is 6. The molecular weight excluding hydrogens is 230 g/mol. The highest BCUT2D eigenvalue weighted by molar-refractivity contribution is 5.82. The van der Waals surface area contributed by atoms with E-state index in [2.05, 4.69) is 29.8 Å². The Balaban J connectivity index is 2.09. The van der Waals surface area contributed by atoms with E-state index in [4.69, 9.17) is 0 Å². The summed E-state index contributed by atoms with van der Waals surface area (Å²) in [7, 11) is 0. The van der Waals surface area contributed by atoms with Crippen LogP contribution in [0.4, 0.5) is 0 Å². The Hall–Kier alpha value is -1.10. The number of nitrogens with one attached hydrogen (secondary N) is 3. The molecule has 1 atom stereocenters. The molecule has 2 amide bonds. The van der Waals surface area contributed by atoms with E-state index in [-0.39, 0.29) is 17.9 Å². The highest BCUT2D eigenvalue weighted by atomic mass is 16.2. The van der Waals surface area contributed by atoms with Gasteiger partial charge in [0.2, 0.25) is 11.8 Å². The van der Waals surface area contributed by atoms with Crippen LogP contribution >= 0.6 is 0 Å². The minimum atomic E-state index is -0.0718. The van der Waals surface area contributed by atoms with Crippen LogP contribution in [0.1, 0.15) is 39.5 Å². The second-order valence-corrected chi connectivity index (χ2v) is 5.24. The van der Waals surface area contributed by atoms with Crippen LogP contribution < -0.4 is 16.0 Å². The van der Waals surface area contributed by atoms with Crippen molar-refractivity contribution in [1.82, 2.24) is 16.0 Å². The first-order chi connectivity index (χ1) is 8.59. The lowest BCUT2D eigenvalue weighted by Crippen LogP contribution is -2.47. The number of hydrogen-bond donors (Lipinski definition) is 3. The molecule has 5 heteroatoms. The lowest BCUT2D eigenvalue weighted by atomic mass is 10.0. The average molecular weight is 255 g/mol. The summed E-state index contributed by atoms with van der Waals surface area (Å²) in [5.74, 6) is 0.474. The van der Waals surface area contributed by atoms with Crippen LogP contribution in [0.3, 0.4) is 0 Å². The predicted octanol–water partition coefficient (Wildman–Crippen LogP) is 0.407. The van der Waals surface area contributed by atoms with E-state index in [1.165, 1.54) is 0 Å². The minimum absolute atomic E-state index is 0.000559. The van der Waals surface area contributed by atoms with Gasteiger partial charge in [-0.1, -0.05) is 20.3 Å².